The summed E-state index contributed by atoms with van der Waals surface area (Å²) in [4.78, 5) is 34.2. The molecule has 0 aromatic heterocycles. The van der Waals surface area contributed by atoms with Crippen LogP contribution in [0, 0.1) is 0 Å². The van der Waals surface area contributed by atoms with E-state index in [0.717, 1.165) is 66.4 Å². The monoisotopic (exact) mass is 567 g/mol. The minimum absolute atomic E-state index is 0.0233. The van der Waals surface area contributed by atoms with E-state index in [1.807, 2.05) is 80.6 Å². The average Bonchev–Trinajstić information content (AvgIpc) is 3.03. The minimum Gasteiger partial charge on any atom is -0.355 e. The molecular formula is C34H41N5O3. The van der Waals surface area contributed by atoms with E-state index in [1.54, 1.807) is 6.07 Å². The number of rotatable bonds is 14. The zero-order valence-corrected chi connectivity index (χ0v) is 24.8. The Morgan fingerprint density at radius 3 is 2.31 bits per heavy atom. The number of hydrogen-bond donors (Lipinski definition) is 3. The van der Waals surface area contributed by atoms with E-state index >= 15 is 0 Å². The van der Waals surface area contributed by atoms with Gasteiger partial charge < -0.3 is 15.5 Å². The Bertz CT molecular complexity index is 1390. The van der Waals surface area contributed by atoms with Crippen molar-refractivity contribution >= 4 is 40.5 Å². The first-order chi connectivity index (χ1) is 20.4. The third kappa shape index (κ3) is 8.16. The highest BCUT2D eigenvalue weighted by atomic mass is 16.6. The number of benzene rings is 3. The number of amides is 1. The number of hydrogen-bond acceptors (Lipinski definition) is 7. The number of Topliss-reactive ketones (excluding diaryl/α,β-unsaturated/α-hetero) is 1. The maximum absolute atomic E-state index is 12.3. The molecule has 0 atom stereocenters. The number of allylic oxidation sites excluding steroid dienone is 1. The van der Waals surface area contributed by atoms with Gasteiger partial charge in [-0.3, -0.25) is 24.8 Å². The van der Waals surface area contributed by atoms with Gasteiger partial charge in [0, 0.05) is 67.3 Å². The van der Waals surface area contributed by atoms with Gasteiger partial charge in [-0.05, 0) is 48.9 Å². The number of likely N-dealkylation sites (N-methyl/N-ethyl adjacent to an activating group) is 1. The van der Waals surface area contributed by atoms with Crippen molar-refractivity contribution in [2.24, 2.45) is 0 Å². The Morgan fingerprint density at radius 2 is 1.64 bits per heavy atom. The van der Waals surface area contributed by atoms with Crippen LogP contribution in [-0.2, 0) is 9.63 Å². The molecule has 0 aliphatic carbocycles. The van der Waals surface area contributed by atoms with E-state index in [-0.39, 0.29) is 5.78 Å². The average molecular weight is 568 g/mol. The van der Waals surface area contributed by atoms with Crippen LogP contribution in [0.5, 0.6) is 0 Å². The van der Waals surface area contributed by atoms with Crippen molar-refractivity contribution < 1.29 is 14.4 Å². The lowest BCUT2D eigenvalue weighted by Crippen LogP contribution is -2.45. The number of anilines is 2. The number of hydroxylamine groups is 1. The summed E-state index contributed by atoms with van der Waals surface area (Å²) < 4.78 is 0. The quantitative estimate of drug-likeness (QED) is 0.0770. The number of carbonyl (C=O) groups is 2. The summed E-state index contributed by atoms with van der Waals surface area (Å²) in [6, 6.07) is 23.4. The molecule has 0 spiro atoms. The predicted molar refractivity (Wildman–Crippen MR) is 172 cm³/mol. The van der Waals surface area contributed by atoms with Crippen molar-refractivity contribution in [3.05, 3.63) is 102 Å². The zero-order valence-electron chi connectivity index (χ0n) is 24.8. The molecule has 1 saturated heterocycles. The predicted octanol–water partition coefficient (Wildman–Crippen LogP) is 5.59. The molecule has 1 aliphatic heterocycles. The number of ketones is 1. The van der Waals surface area contributed by atoms with Gasteiger partial charge in [0.05, 0.1) is 12.3 Å². The summed E-state index contributed by atoms with van der Waals surface area (Å²) >= 11 is 0. The van der Waals surface area contributed by atoms with Gasteiger partial charge in [0.25, 0.3) is 0 Å². The molecule has 4 rings (SSSR count). The molecular weight excluding hydrogens is 526 g/mol. The summed E-state index contributed by atoms with van der Waals surface area (Å²) in [5.41, 5.74) is 10.3. The Morgan fingerprint density at radius 1 is 0.952 bits per heavy atom. The molecule has 220 valence electrons. The van der Waals surface area contributed by atoms with Crippen molar-refractivity contribution in [3.63, 3.8) is 0 Å². The Hall–Kier alpha value is -4.24. The van der Waals surface area contributed by atoms with Crippen molar-refractivity contribution in [1.29, 1.82) is 0 Å². The topological polar surface area (TPSA) is 85.9 Å². The summed E-state index contributed by atoms with van der Waals surface area (Å²) in [6.45, 7) is 13.7. The highest BCUT2D eigenvalue weighted by Crippen LogP contribution is 2.33. The lowest BCUT2D eigenvalue weighted by atomic mass is 9.96. The standard InChI is InChI=1S/C34H41N5O3/c1-5-33(41)29-13-16-31(32(23-29)35-24-40)25(2)34(28-9-7-6-8-10-28)36-30-14-11-27(12-15-30)26(3)37-42-22-21-39-19-17-38(4)18-20-39/h6-16,23-24,36-37H,3,5,17-22H2,1-2,4H3,(H,35,40)/b34-25+. The molecule has 3 aromatic carbocycles. The van der Waals surface area contributed by atoms with Gasteiger partial charge in [-0.25, -0.2) is 0 Å². The van der Waals surface area contributed by atoms with Crippen molar-refractivity contribution in [2.45, 2.75) is 20.3 Å². The highest BCUT2D eigenvalue weighted by molar-refractivity contribution is 6.02. The lowest BCUT2D eigenvalue weighted by molar-refractivity contribution is -0.105. The van der Waals surface area contributed by atoms with Crippen molar-refractivity contribution in [1.82, 2.24) is 15.3 Å². The smallest absolute Gasteiger partial charge is 0.211 e. The first-order valence-corrected chi connectivity index (χ1v) is 14.4. The normalized spacial score (nSPS) is 14.5. The maximum Gasteiger partial charge on any atom is 0.211 e. The highest BCUT2D eigenvalue weighted by Gasteiger charge is 2.15. The lowest BCUT2D eigenvalue weighted by Gasteiger charge is -2.32. The molecule has 1 fully saturated rings. The number of nitrogens with one attached hydrogen (secondary N) is 3. The molecule has 1 heterocycles. The van der Waals surface area contributed by atoms with Gasteiger partial charge in [0.2, 0.25) is 6.41 Å². The van der Waals surface area contributed by atoms with Crippen LogP contribution >= 0.6 is 0 Å². The van der Waals surface area contributed by atoms with Crippen LogP contribution in [0.15, 0.2) is 79.4 Å². The van der Waals surface area contributed by atoms with Gasteiger partial charge in [-0.1, -0.05) is 68.1 Å². The first-order valence-electron chi connectivity index (χ1n) is 14.4. The Balaban J connectivity index is 1.48. The fourth-order valence-corrected chi connectivity index (χ4v) is 4.90. The molecule has 1 amide bonds. The molecule has 0 unspecified atom stereocenters. The fourth-order valence-electron chi connectivity index (χ4n) is 4.90. The molecule has 8 heteroatoms. The number of carbonyl (C=O) groups excluding carboxylic acids is 2. The Kier molecular flexibility index (Phi) is 11.1. The van der Waals surface area contributed by atoms with E-state index in [9.17, 15) is 9.59 Å². The number of nitrogens with zero attached hydrogens (tertiary/aromatic N) is 2. The summed E-state index contributed by atoms with van der Waals surface area (Å²) in [7, 11) is 2.15. The van der Waals surface area contributed by atoms with E-state index < -0.39 is 0 Å². The summed E-state index contributed by atoms with van der Waals surface area (Å²) in [6.07, 6.45) is 1.03. The SMILES string of the molecule is C=C(NOCCN1CCN(C)CC1)c1ccc(N/C(=C(\C)c2ccc(C(=O)CC)cc2NC=O)c2ccccc2)cc1. The molecule has 0 radical (unpaired) electrons. The third-order valence-electron chi connectivity index (χ3n) is 7.52. The van der Waals surface area contributed by atoms with Crippen LogP contribution in [0.1, 0.15) is 47.3 Å². The second-order valence-corrected chi connectivity index (χ2v) is 10.4. The van der Waals surface area contributed by atoms with Crippen LogP contribution in [0.25, 0.3) is 17.0 Å². The third-order valence-corrected chi connectivity index (χ3v) is 7.52. The summed E-state index contributed by atoms with van der Waals surface area (Å²) in [5.74, 6) is 0.0233. The minimum atomic E-state index is 0.0233. The Labute approximate surface area is 249 Å². The van der Waals surface area contributed by atoms with Crippen LogP contribution in [0.2, 0.25) is 0 Å². The zero-order chi connectivity index (χ0) is 29.9. The van der Waals surface area contributed by atoms with Crippen molar-refractivity contribution in [3.8, 4) is 0 Å². The van der Waals surface area contributed by atoms with E-state index in [0.29, 0.717) is 36.4 Å². The summed E-state index contributed by atoms with van der Waals surface area (Å²) in [5, 5.41) is 6.36. The molecule has 42 heavy (non-hydrogen) atoms. The van der Waals surface area contributed by atoms with Gasteiger partial charge in [-0.15, -0.1) is 0 Å². The second-order valence-electron chi connectivity index (χ2n) is 10.4. The maximum atomic E-state index is 12.3. The number of piperazine rings is 1. The van der Waals surface area contributed by atoms with E-state index in [2.05, 4.69) is 39.5 Å². The van der Waals surface area contributed by atoms with Crippen LogP contribution in [-0.4, -0.2) is 68.4 Å². The van der Waals surface area contributed by atoms with Crippen molar-refractivity contribution in [2.75, 3.05) is 57.0 Å². The molecule has 3 N–H and O–H groups in total. The second kappa shape index (κ2) is 15.1. The van der Waals surface area contributed by atoms with E-state index in [1.165, 1.54) is 0 Å². The molecule has 3 aromatic rings. The largest absolute Gasteiger partial charge is 0.355 e. The molecule has 8 nitrogen and oxygen atoms in total. The van der Waals surface area contributed by atoms with Crippen LogP contribution < -0.4 is 16.1 Å². The van der Waals surface area contributed by atoms with Gasteiger partial charge in [0.15, 0.2) is 5.78 Å². The fraction of sp³-hybridized carbons (Fsp3) is 0.294. The molecule has 0 bridgehead atoms. The first kappa shape index (κ1) is 30.7. The van der Waals surface area contributed by atoms with Gasteiger partial charge in [0.1, 0.15) is 0 Å². The van der Waals surface area contributed by atoms with Crippen LogP contribution in [0.4, 0.5) is 11.4 Å². The molecule has 0 saturated carbocycles. The van der Waals surface area contributed by atoms with Gasteiger partial charge >= 0.3 is 0 Å². The van der Waals surface area contributed by atoms with E-state index in [4.69, 9.17) is 4.84 Å². The van der Waals surface area contributed by atoms with Gasteiger partial charge in [-0.2, -0.15) is 0 Å². The van der Waals surface area contributed by atoms with Crippen LogP contribution in [0.3, 0.4) is 0 Å². The molecule has 1 aliphatic rings.